The summed E-state index contributed by atoms with van der Waals surface area (Å²) in [5.41, 5.74) is 1.45. The molecule has 0 saturated heterocycles. The van der Waals surface area contributed by atoms with Gasteiger partial charge in [0.2, 0.25) is 0 Å². The molecule has 0 aliphatic heterocycles. The lowest BCUT2D eigenvalue weighted by Crippen LogP contribution is -2.31. The predicted octanol–water partition coefficient (Wildman–Crippen LogP) is 3.96. The largest absolute Gasteiger partial charge is 0.336 e. The minimum absolute atomic E-state index is 0.153. The molecule has 3 heterocycles. The summed E-state index contributed by atoms with van der Waals surface area (Å²) < 4.78 is 0. The zero-order valence-corrected chi connectivity index (χ0v) is 15.9. The third kappa shape index (κ3) is 3.88. The minimum Gasteiger partial charge on any atom is -0.336 e. The van der Waals surface area contributed by atoms with E-state index in [-0.39, 0.29) is 22.9 Å². The highest BCUT2D eigenvalue weighted by Crippen LogP contribution is 2.28. The summed E-state index contributed by atoms with van der Waals surface area (Å²) in [5.74, 6) is -0.0949. The van der Waals surface area contributed by atoms with Crippen molar-refractivity contribution in [2.75, 3.05) is 7.05 Å². The van der Waals surface area contributed by atoms with Crippen molar-refractivity contribution in [2.45, 2.75) is 26.3 Å². The number of rotatable bonds is 5. The molecule has 3 aromatic heterocycles. The van der Waals surface area contributed by atoms with Crippen molar-refractivity contribution in [3.63, 3.8) is 0 Å². The number of amides is 1. The maximum atomic E-state index is 12.6. The molecule has 0 atom stereocenters. The number of thiophene rings is 1. The second-order valence-electron chi connectivity index (χ2n) is 6.09. The van der Waals surface area contributed by atoms with Crippen molar-refractivity contribution in [1.82, 2.24) is 14.9 Å². The maximum Gasteiger partial charge on any atom is 0.261 e. The number of nitrogens with one attached hydrogen (secondary N) is 1. The number of hydrogen-bond acceptors (Lipinski definition) is 5. The van der Waals surface area contributed by atoms with E-state index in [2.05, 4.69) is 9.97 Å². The average Bonchev–Trinajstić information content (AvgIpc) is 3.25. The molecule has 1 amide bonds. The number of hydrogen-bond donors (Lipinski definition) is 1. The second kappa shape index (κ2) is 7.33. The van der Waals surface area contributed by atoms with Gasteiger partial charge in [0, 0.05) is 18.1 Å². The van der Waals surface area contributed by atoms with E-state index < -0.39 is 0 Å². The number of nitrogens with zero attached hydrogens (tertiary/aromatic N) is 2. The molecule has 0 unspecified atom stereocenters. The molecule has 0 aromatic carbocycles. The van der Waals surface area contributed by atoms with Crippen LogP contribution in [0.3, 0.4) is 0 Å². The molecule has 0 aliphatic carbocycles. The molecular formula is C18H19N3O2S2. The smallest absolute Gasteiger partial charge is 0.261 e. The van der Waals surface area contributed by atoms with Crippen molar-refractivity contribution in [3.05, 3.63) is 62.3 Å². The van der Waals surface area contributed by atoms with Crippen LogP contribution in [0.15, 0.2) is 39.8 Å². The maximum absolute atomic E-state index is 12.6. The third-order valence-corrected chi connectivity index (χ3v) is 5.74. The van der Waals surface area contributed by atoms with Crippen LogP contribution in [0.1, 0.15) is 41.5 Å². The third-order valence-electron chi connectivity index (χ3n) is 3.81. The Morgan fingerprint density at radius 3 is 2.72 bits per heavy atom. The van der Waals surface area contributed by atoms with E-state index in [1.807, 2.05) is 36.7 Å². The molecule has 0 aliphatic rings. The lowest BCUT2D eigenvalue weighted by Gasteiger charge is -2.16. The highest BCUT2D eigenvalue weighted by atomic mass is 32.1. The summed E-state index contributed by atoms with van der Waals surface area (Å²) in [6, 6.07) is 7.41. The van der Waals surface area contributed by atoms with E-state index in [4.69, 9.17) is 0 Å². The van der Waals surface area contributed by atoms with Crippen LogP contribution in [0.2, 0.25) is 0 Å². The zero-order valence-electron chi connectivity index (χ0n) is 14.3. The Bertz CT molecular complexity index is 926. The first-order valence-electron chi connectivity index (χ1n) is 7.92. The molecule has 0 spiro atoms. The van der Waals surface area contributed by atoms with Gasteiger partial charge in [0.25, 0.3) is 11.5 Å². The van der Waals surface area contributed by atoms with Crippen LogP contribution in [-0.4, -0.2) is 27.8 Å². The van der Waals surface area contributed by atoms with Crippen LogP contribution in [0, 0.1) is 0 Å². The van der Waals surface area contributed by atoms with Crippen LogP contribution in [0.25, 0.3) is 9.88 Å². The lowest BCUT2D eigenvalue weighted by molar-refractivity contribution is 0.0782. The van der Waals surface area contributed by atoms with Crippen molar-refractivity contribution in [2.24, 2.45) is 0 Å². The minimum atomic E-state index is -0.347. The summed E-state index contributed by atoms with van der Waals surface area (Å²) in [6.07, 6.45) is 0. The second-order valence-corrected chi connectivity index (χ2v) is 7.90. The molecule has 5 nitrogen and oxygen atoms in total. The number of H-pyrrole nitrogens is 1. The fourth-order valence-electron chi connectivity index (χ4n) is 2.41. The van der Waals surface area contributed by atoms with Gasteiger partial charge < -0.3 is 9.88 Å². The van der Waals surface area contributed by atoms with Gasteiger partial charge in [0.05, 0.1) is 17.1 Å². The van der Waals surface area contributed by atoms with Crippen molar-refractivity contribution in [3.8, 4) is 9.88 Å². The molecule has 0 saturated carbocycles. The van der Waals surface area contributed by atoms with E-state index in [1.54, 1.807) is 41.9 Å². The van der Waals surface area contributed by atoms with E-state index in [0.717, 1.165) is 21.3 Å². The summed E-state index contributed by atoms with van der Waals surface area (Å²) >= 11 is 3.20. The number of pyridine rings is 1. The Kier molecular flexibility index (Phi) is 5.15. The van der Waals surface area contributed by atoms with Crippen LogP contribution in [-0.2, 0) is 6.54 Å². The molecule has 7 heteroatoms. The predicted molar refractivity (Wildman–Crippen MR) is 102 cm³/mol. The van der Waals surface area contributed by atoms with Crippen LogP contribution in [0.5, 0.6) is 0 Å². The zero-order chi connectivity index (χ0) is 18.0. The SMILES string of the molecule is CC(C)c1ccc(C(=O)N(C)Cc2csc(-c3cccs3)n2)c(=O)[nH]1. The van der Waals surface area contributed by atoms with Gasteiger partial charge in [-0.25, -0.2) is 4.98 Å². The molecule has 3 rings (SSSR count). The number of aromatic amines is 1. The Hall–Kier alpha value is -2.25. The summed E-state index contributed by atoms with van der Waals surface area (Å²) in [4.78, 5) is 34.8. The fraction of sp³-hybridized carbons (Fsp3) is 0.278. The normalized spacial score (nSPS) is 11.0. The van der Waals surface area contributed by atoms with Gasteiger partial charge in [-0.3, -0.25) is 9.59 Å². The van der Waals surface area contributed by atoms with E-state index in [1.165, 1.54) is 4.90 Å². The van der Waals surface area contributed by atoms with Gasteiger partial charge in [-0.05, 0) is 29.5 Å². The standard InChI is InChI=1S/C18H19N3O2S2/c1-11(2)14-7-6-13(16(22)20-14)18(23)21(3)9-12-10-25-17(19-12)15-5-4-8-24-15/h4-8,10-11H,9H2,1-3H3,(H,20,22). The van der Waals surface area contributed by atoms with E-state index >= 15 is 0 Å². The molecule has 3 aromatic rings. The summed E-state index contributed by atoms with van der Waals surface area (Å²) in [5, 5.41) is 4.91. The van der Waals surface area contributed by atoms with Gasteiger partial charge >= 0.3 is 0 Å². The number of carbonyl (C=O) groups excluding carboxylic acids is 1. The average molecular weight is 374 g/mol. The topological polar surface area (TPSA) is 66.1 Å². The van der Waals surface area contributed by atoms with Gasteiger partial charge in [0.15, 0.2) is 0 Å². The molecule has 0 fully saturated rings. The Balaban J connectivity index is 1.74. The highest BCUT2D eigenvalue weighted by molar-refractivity contribution is 7.20. The highest BCUT2D eigenvalue weighted by Gasteiger charge is 2.18. The van der Waals surface area contributed by atoms with Gasteiger partial charge in [-0.2, -0.15) is 0 Å². The first kappa shape index (κ1) is 17.6. The first-order valence-corrected chi connectivity index (χ1v) is 9.68. The molecule has 0 bridgehead atoms. The summed E-state index contributed by atoms with van der Waals surface area (Å²) in [6.45, 7) is 4.35. The molecule has 1 N–H and O–H groups in total. The number of carbonyl (C=O) groups is 1. The van der Waals surface area contributed by atoms with Crippen LogP contribution in [0.4, 0.5) is 0 Å². The van der Waals surface area contributed by atoms with Crippen molar-refractivity contribution >= 4 is 28.6 Å². The van der Waals surface area contributed by atoms with E-state index in [9.17, 15) is 9.59 Å². The van der Waals surface area contributed by atoms with Crippen molar-refractivity contribution in [1.29, 1.82) is 0 Å². The molecule has 130 valence electrons. The van der Waals surface area contributed by atoms with Gasteiger partial charge in [-0.15, -0.1) is 22.7 Å². The first-order chi connectivity index (χ1) is 12.0. The Morgan fingerprint density at radius 2 is 2.08 bits per heavy atom. The monoisotopic (exact) mass is 373 g/mol. The summed E-state index contributed by atoms with van der Waals surface area (Å²) in [7, 11) is 1.68. The van der Waals surface area contributed by atoms with Crippen LogP contribution >= 0.6 is 22.7 Å². The Labute approximate surface area is 154 Å². The Morgan fingerprint density at radius 1 is 1.28 bits per heavy atom. The molecule has 0 radical (unpaired) electrons. The number of thiazole rings is 1. The molecular weight excluding hydrogens is 354 g/mol. The van der Waals surface area contributed by atoms with Gasteiger partial charge in [-0.1, -0.05) is 19.9 Å². The molecule has 25 heavy (non-hydrogen) atoms. The number of aromatic nitrogens is 2. The van der Waals surface area contributed by atoms with E-state index in [0.29, 0.717) is 6.54 Å². The lowest BCUT2D eigenvalue weighted by atomic mass is 10.1. The fourth-order valence-corrected chi connectivity index (χ4v) is 4.03. The van der Waals surface area contributed by atoms with Crippen molar-refractivity contribution < 1.29 is 4.79 Å². The van der Waals surface area contributed by atoms with Gasteiger partial charge in [0.1, 0.15) is 10.6 Å². The quantitative estimate of drug-likeness (QED) is 0.736. The van der Waals surface area contributed by atoms with Crippen LogP contribution < -0.4 is 5.56 Å².